The zero-order valence-corrected chi connectivity index (χ0v) is 11.1. The van der Waals surface area contributed by atoms with Crippen LogP contribution in [0.1, 0.15) is 32.3 Å². The van der Waals surface area contributed by atoms with Crippen molar-refractivity contribution in [3.8, 4) is 5.88 Å². The van der Waals surface area contributed by atoms with Gasteiger partial charge in [-0.3, -0.25) is 0 Å². The summed E-state index contributed by atoms with van der Waals surface area (Å²) in [6.07, 6.45) is 2.50. The number of ether oxygens (including phenoxy) is 1. The predicted octanol–water partition coefficient (Wildman–Crippen LogP) is 1.94. The summed E-state index contributed by atoms with van der Waals surface area (Å²) in [7, 11) is 0. The number of nitrogens with one attached hydrogen (secondary N) is 1. The molecule has 0 spiro atoms. The van der Waals surface area contributed by atoms with Crippen molar-refractivity contribution in [1.82, 2.24) is 10.3 Å². The van der Waals surface area contributed by atoms with E-state index >= 15 is 0 Å². The van der Waals surface area contributed by atoms with Crippen LogP contribution in [0.5, 0.6) is 5.88 Å². The van der Waals surface area contributed by atoms with Crippen molar-refractivity contribution in [2.75, 3.05) is 18.1 Å². The van der Waals surface area contributed by atoms with Crippen LogP contribution in [0.15, 0.2) is 12.1 Å². The van der Waals surface area contributed by atoms with Crippen molar-refractivity contribution in [3.05, 3.63) is 17.7 Å². The number of rotatable bonds is 1. The Hall–Kier alpha value is -1.29. The molecule has 0 aliphatic carbocycles. The fourth-order valence-electron chi connectivity index (χ4n) is 2.95. The monoisotopic (exact) mass is 247 g/mol. The number of fused-ring (bicyclic) bond motifs is 1. The van der Waals surface area contributed by atoms with Gasteiger partial charge in [0.25, 0.3) is 0 Å². The van der Waals surface area contributed by atoms with Crippen molar-refractivity contribution < 1.29 is 4.74 Å². The highest BCUT2D eigenvalue weighted by Crippen LogP contribution is 2.31. The lowest BCUT2D eigenvalue weighted by Gasteiger charge is -2.28. The molecule has 0 amide bonds. The summed E-state index contributed by atoms with van der Waals surface area (Å²) >= 11 is 0. The van der Waals surface area contributed by atoms with Crippen LogP contribution in [-0.2, 0) is 6.54 Å². The Bertz CT molecular complexity index is 425. The molecule has 2 atom stereocenters. The minimum atomic E-state index is 0.578. The van der Waals surface area contributed by atoms with E-state index in [0.717, 1.165) is 30.4 Å². The maximum absolute atomic E-state index is 5.72. The molecule has 1 saturated heterocycles. The molecule has 0 unspecified atom stereocenters. The molecule has 0 bridgehead atoms. The molecule has 0 aromatic carbocycles. The van der Waals surface area contributed by atoms with Gasteiger partial charge < -0.3 is 15.0 Å². The molecule has 3 heterocycles. The predicted molar refractivity (Wildman–Crippen MR) is 72.1 cm³/mol. The molecule has 0 radical (unpaired) electrons. The summed E-state index contributed by atoms with van der Waals surface area (Å²) in [5, 5.41) is 3.33. The molecule has 1 N–H and O–H groups in total. The lowest BCUT2D eigenvalue weighted by Crippen LogP contribution is -2.33. The van der Waals surface area contributed by atoms with Crippen LogP contribution >= 0.6 is 0 Å². The van der Waals surface area contributed by atoms with E-state index in [2.05, 4.69) is 36.2 Å². The van der Waals surface area contributed by atoms with E-state index in [0.29, 0.717) is 18.7 Å². The van der Waals surface area contributed by atoms with Crippen molar-refractivity contribution in [1.29, 1.82) is 0 Å². The Morgan fingerprint density at radius 3 is 2.83 bits per heavy atom. The standard InChI is InChI=1S/C14H21N3O/c1-10-3-4-11(2)17(10)13-6-5-12-9-15-7-8-18-14(12)16-13/h5-6,10-11,15H,3-4,7-9H2,1-2H3/t10-,11+. The van der Waals surface area contributed by atoms with E-state index in [1.807, 2.05) is 0 Å². The van der Waals surface area contributed by atoms with Gasteiger partial charge in [0.15, 0.2) is 0 Å². The third-order valence-electron chi connectivity index (χ3n) is 3.97. The molecule has 2 aliphatic heterocycles. The van der Waals surface area contributed by atoms with Gasteiger partial charge in [0, 0.05) is 30.7 Å². The van der Waals surface area contributed by atoms with Crippen molar-refractivity contribution in [3.63, 3.8) is 0 Å². The first kappa shape index (κ1) is 11.8. The fraction of sp³-hybridized carbons (Fsp3) is 0.643. The van der Waals surface area contributed by atoms with E-state index < -0.39 is 0 Å². The van der Waals surface area contributed by atoms with Crippen molar-refractivity contribution in [2.45, 2.75) is 45.3 Å². The lowest BCUT2D eigenvalue weighted by atomic mass is 10.2. The first-order valence-corrected chi connectivity index (χ1v) is 6.87. The molecule has 1 aromatic rings. The molecule has 2 aliphatic rings. The van der Waals surface area contributed by atoms with Crippen LogP contribution in [-0.4, -0.2) is 30.2 Å². The number of pyridine rings is 1. The van der Waals surface area contributed by atoms with Gasteiger partial charge in [0.2, 0.25) is 5.88 Å². The van der Waals surface area contributed by atoms with Crippen LogP contribution in [0.4, 0.5) is 5.82 Å². The lowest BCUT2D eigenvalue weighted by molar-refractivity contribution is 0.314. The normalized spacial score (nSPS) is 27.6. The summed E-state index contributed by atoms with van der Waals surface area (Å²) in [4.78, 5) is 7.14. The number of hydrogen-bond acceptors (Lipinski definition) is 4. The minimum Gasteiger partial charge on any atom is -0.476 e. The maximum Gasteiger partial charge on any atom is 0.219 e. The summed E-state index contributed by atoms with van der Waals surface area (Å²) in [6.45, 7) is 7.00. The molecule has 4 nitrogen and oxygen atoms in total. The zero-order chi connectivity index (χ0) is 12.5. The Morgan fingerprint density at radius 1 is 1.28 bits per heavy atom. The van der Waals surface area contributed by atoms with E-state index in [1.54, 1.807) is 0 Å². The second kappa shape index (κ2) is 4.76. The van der Waals surface area contributed by atoms with Gasteiger partial charge in [-0.15, -0.1) is 0 Å². The topological polar surface area (TPSA) is 37.4 Å². The van der Waals surface area contributed by atoms with E-state index in [-0.39, 0.29) is 0 Å². The third-order valence-corrected chi connectivity index (χ3v) is 3.97. The van der Waals surface area contributed by atoms with Gasteiger partial charge in [-0.25, -0.2) is 0 Å². The molecule has 4 heteroatoms. The van der Waals surface area contributed by atoms with Crippen LogP contribution in [0.25, 0.3) is 0 Å². The number of anilines is 1. The highest BCUT2D eigenvalue weighted by molar-refractivity contribution is 5.47. The molecular weight excluding hydrogens is 226 g/mol. The van der Waals surface area contributed by atoms with Crippen molar-refractivity contribution in [2.24, 2.45) is 0 Å². The van der Waals surface area contributed by atoms with Crippen LogP contribution in [0, 0.1) is 0 Å². The first-order chi connectivity index (χ1) is 8.75. The van der Waals surface area contributed by atoms with Gasteiger partial charge in [-0.2, -0.15) is 4.98 Å². The van der Waals surface area contributed by atoms with Crippen LogP contribution in [0.3, 0.4) is 0 Å². The molecule has 1 aromatic heterocycles. The first-order valence-electron chi connectivity index (χ1n) is 6.87. The Kier molecular flexibility index (Phi) is 3.12. The zero-order valence-electron chi connectivity index (χ0n) is 11.1. The quantitative estimate of drug-likeness (QED) is 0.823. The molecule has 0 saturated carbocycles. The molecule has 98 valence electrons. The second-order valence-electron chi connectivity index (χ2n) is 5.34. The average Bonchev–Trinajstić information content (AvgIpc) is 2.59. The Labute approximate surface area is 108 Å². The van der Waals surface area contributed by atoms with Crippen LogP contribution < -0.4 is 15.0 Å². The number of aromatic nitrogens is 1. The van der Waals surface area contributed by atoms with Crippen LogP contribution in [0.2, 0.25) is 0 Å². The smallest absolute Gasteiger partial charge is 0.219 e. The second-order valence-corrected chi connectivity index (χ2v) is 5.34. The third kappa shape index (κ3) is 2.05. The van der Waals surface area contributed by atoms with Gasteiger partial charge in [-0.1, -0.05) is 0 Å². The summed E-state index contributed by atoms with van der Waals surface area (Å²) in [5.74, 6) is 1.87. The SMILES string of the molecule is C[C@@H]1CC[C@H](C)N1c1ccc2c(n1)OCCNC2. The van der Waals surface area contributed by atoms with E-state index in [4.69, 9.17) is 9.72 Å². The van der Waals surface area contributed by atoms with E-state index in [1.165, 1.54) is 12.8 Å². The summed E-state index contributed by atoms with van der Waals surface area (Å²) < 4.78 is 5.72. The fourth-order valence-corrected chi connectivity index (χ4v) is 2.95. The Morgan fingerprint density at radius 2 is 2.06 bits per heavy atom. The van der Waals surface area contributed by atoms with Crippen molar-refractivity contribution >= 4 is 5.82 Å². The molecular formula is C14H21N3O. The number of hydrogen-bond donors (Lipinski definition) is 1. The summed E-state index contributed by atoms with van der Waals surface area (Å²) in [5.41, 5.74) is 1.16. The minimum absolute atomic E-state index is 0.578. The van der Waals surface area contributed by atoms with E-state index in [9.17, 15) is 0 Å². The largest absolute Gasteiger partial charge is 0.476 e. The van der Waals surface area contributed by atoms with Gasteiger partial charge in [0.05, 0.1) is 0 Å². The highest BCUT2D eigenvalue weighted by atomic mass is 16.5. The Balaban J connectivity index is 1.91. The average molecular weight is 247 g/mol. The number of nitrogens with zero attached hydrogens (tertiary/aromatic N) is 2. The molecule has 1 fully saturated rings. The maximum atomic E-state index is 5.72. The van der Waals surface area contributed by atoms with Gasteiger partial charge >= 0.3 is 0 Å². The van der Waals surface area contributed by atoms with Gasteiger partial charge in [-0.05, 0) is 38.8 Å². The summed E-state index contributed by atoms with van der Waals surface area (Å²) in [6, 6.07) is 5.44. The van der Waals surface area contributed by atoms with Gasteiger partial charge in [0.1, 0.15) is 12.4 Å². The molecule has 18 heavy (non-hydrogen) atoms. The molecule has 3 rings (SSSR count). The highest BCUT2D eigenvalue weighted by Gasteiger charge is 2.28.